The molecule has 3 heteroatoms. The summed E-state index contributed by atoms with van der Waals surface area (Å²) in [5, 5.41) is 9.14. The number of aliphatic hydroxyl groups excluding tert-OH is 1. The number of aliphatic hydroxyl groups is 1. The molecule has 0 aliphatic carbocycles. The second-order valence-electron chi connectivity index (χ2n) is 5.60. The van der Waals surface area contributed by atoms with Crippen LogP contribution in [0.3, 0.4) is 0 Å². The lowest BCUT2D eigenvalue weighted by Crippen LogP contribution is -2.49. The Hall–Kier alpha value is -0.120. The molecule has 1 saturated heterocycles. The van der Waals surface area contributed by atoms with Crippen LogP contribution in [0.1, 0.15) is 58.8 Å². The maximum absolute atomic E-state index is 9.14. The standard InChI is InChI=1S/C15H31NO2/c1-3-4-5-6-7-8-9-10-16-11-15(12-17)18-13-14(16)2/h14-15,17H,3-13H2,1-2H3. The summed E-state index contributed by atoms with van der Waals surface area (Å²) in [6, 6.07) is 0.507. The maximum atomic E-state index is 9.14. The Morgan fingerprint density at radius 1 is 1.11 bits per heavy atom. The van der Waals surface area contributed by atoms with Gasteiger partial charge in [0.05, 0.1) is 19.3 Å². The third-order valence-corrected chi connectivity index (χ3v) is 3.89. The van der Waals surface area contributed by atoms with Gasteiger partial charge in [0, 0.05) is 12.6 Å². The molecule has 0 bridgehead atoms. The lowest BCUT2D eigenvalue weighted by molar-refractivity contribution is -0.0779. The zero-order valence-electron chi connectivity index (χ0n) is 12.2. The molecule has 0 aromatic heterocycles. The van der Waals surface area contributed by atoms with Crippen molar-refractivity contribution >= 4 is 0 Å². The van der Waals surface area contributed by atoms with Crippen LogP contribution in [0, 0.1) is 0 Å². The smallest absolute Gasteiger partial charge is 0.0933 e. The minimum Gasteiger partial charge on any atom is -0.394 e. The van der Waals surface area contributed by atoms with Gasteiger partial charge in [-0.2, -0.15) is 0 Å². The Morgan fingerprint density at radius 3 is 2.44 bits per heavy atom. The van der Waals surface area contributed by atoms with Crippen LogP contribution in [0.4, 0.5) is 0 Å². The van der Waals surface area contributed by atoms with Crippen molar-refractivity contribution < 1.29 is 9.84 Å². The van der Waals surface area contributed by atoms with Gasteiger partial charge in [0.1, 0.15) is 0 Å². The molecule has 1 heterocycles. The first-order valence-corrected chi connectivity index (χ1v) is 7.74. The van der Waals surface area contributed by atoms with Gasteiger partial charge in [-0.25, -0.2) is 0 Å². The largest absolute Gasteiger partial charge is 0.394 e. The molecule has 1 aliphatic heterocycles. The van der Waals surface area contributed by atoms with Gasteiger partial charge in [0.25, 0.3) is 0 Å². The summed E-state index contributed by atoms with van der Waals surface area (Å²) >= 11 is 0. The molecule has 1 fully saturated rings. The molecule has 0 saturated carbocycles. The van der Waals surface area contributed by atoms with Crippen molar-refractivity contribution in [3.8, 4) is 0 Å². The SMILES string of the molecule is CCCCCCCCCN1CC(CO)OCC1C. The monoisotopic (exact) mass is 257 g/mol. The molecule has 0 spiro atoms. The molecule has 1 N–H and O–H groups in total. The summed E-state index contributed by atoms with van der Waals surface area (Å²) < 4.78 is 5.55. The van der Waals surface area contributed by atoms with E-state index in [1.807, 2.05) is 0 Å². The summed E-state index contributed by atoms with van der Waals surface area (Å²) in [6.45, 7) is 7.45. The van der Waals surface area contributed by atoms with Crippen molar-refractivity contribution in [3.63, 3.8) is 0 Å². The van der Waals surface area contributed by atoms with E-state index in [-0.39, 0.29) is 12.7 Å². The van der Waals surface area contributed by atoms with Gasteiger partial charge < -0.3 is 9.84 Å². The molecule has 2 unspecified atom stereocenters. The average Bonchev–Trinajstić information content (AvgIpc) is 2.39. The molecule has 0 aromatic carbocycles. The van der Waals surface area contributed by atoms with E-state index in [0.717, 1.165) is 19.7 Å². The Bertz CT molecular complexity index is 199. The molecule has 3 nitrogen and oxygen atoms in total. The second-order valence-corrected chi connectivity index (χ2v) is 5.60. The molecule has 0 radical (unpaired) electrons. The van der Waals surface area contributed by atoms with Crippen LogP contribution in [0.5, 0.6) is 0 Å². The Labute approximate surface area is 113 Å². The van der Waals surface area contributed by atoms with Crippen LogP contribution < -0.4 is 0 Å². The normalized spacial score (nSPS) is 25.5. The molecule has 108 valence electrons. The van der Waals surface area contributed by atoms with Crippen molar-refractivity contribution in [2.24, 2.45) is 0 Å². The number of nitrogens with zero attached hydrogens (tertiary/aromatic N) is 1. The summed E-state index contributed by atoms with van der Waals surface area (Å²) in [7, 11) is 0. The highest BCUT2D eigenvalue weighted by Crippen LogP contribution is 2.13. The molecule has 0 amide bonds. The van der Waals surface area contributed by atoms with Gasteiger partial charge in [-0.1, -0.05) is 45.4 Å². The van der Waals surface area contributed by atoms with Crippen LogP contribution in [-0.2, 0) is 4.74 Å². The summed E-state index contributed by atoms with van der Waals surface area (Å²) in [4.78, 5) is 2.47. The van der Waals surface area contributed by atoms with Crippen molar-refractivity contribution in [1.82, 2.24) is 4.90 Å². The third-order valence-electron chi connectivity index (χ3n) is 3.89. The molecule has 0 aromatic rings. The van der Waals surface area contributed by atoms with Crippen LogP contribution in [-0.4, -0.2) is 48.5 Å². The topological polar surface area (TPSA) is 32.7 Å². The number of hydrogen-bond acceptors (Lipinski definition) is 3. The summed E-state index contributed by atoms with van der Waals surface area (Å²) in [5.41, 5.74) is 0. The van der Waals surface area contributed by atoms with Crippen LogP contribution in [0.25, 0.3) is 0 Å². The molecular weight excluding hydrogens is 226 g/mol. The number of unbranched alkanes of at least 4 members (excludes halogenated alkanes) is 6. The summed E-state index contributed by atoms with van der Waals surface area (Å²) in [6.07, 6.45) is 9.55. The van der Waals surface area contributed by atoms with Gasteiger partial charge in [0.2, 0.25) is 0 Å². The van der Waals surface area contributed by atoms with Gasteiger partial charge in [-0.05, 0) is 19.9 Å². The fraction of sp³-hybridized carbons (Fsp3) is 1.00. The van der Waals surface area contributed by atoms with E-state index < -0.39 is 0 Å². The van der Waals surface area contributed by atoms with Gasteiger partial charge in [-0.3, -0.25) is 4.90 Å². The molecule has 1 aliphatic rings. The average molecular weight is 257 g/mol. The van der Waals surface area contributed by atoms with E-state index in [0.29, 0.717) is 6.04 Å². The third kappa shape index (κ3) is 6.17. The van der Waals surface area contributed by atoms with Crippen LogP contribution in [0.15, 0.2) is 0 Å². The van der Waals surface area contributed by atoms with Gasteiger partial charge in [-0.15, -0.1) is 0 Å². The van der Waals surface area contributed by atoms with E-state index in [1.54, 1.807) is 0 Å². The maximum Gasteiger partial charge on any atom is 0.0933 e. The van der Waals surface area contributed by atoms with E-state index in [2.05, 4.69) is 18.7 Å². The van der Waals surface area contributed by atoms with Crippen molar-refractivity contribution in [1.29, 1.82) is 0 Å². The highest BCUT2D eigenvalue weighted by Gasteiger charge is 2.24. The predicted octanol–water partition coefficient (Wildman–Crippen LogP) is 2.82. The van der Waals surface area contributed by atoms with E-state index in [1.165, 1.54) is 44.9 Å². The summed E-state index contributed by atoms with van der Waals surface area (Å²) in [5.74, 6) is 0. The highest BCUT2D eigenvalue weighted by atomic mass is 16.5. The molecule has 2 atom stereocenters. The Balaban J connectivity index is 2.03. The van der Waals surface area contributed by atoms with E-state index in [9.17, 15) is 0 Å². The van der Waals surface area contributed by atoms with Crippen LogP contribution in [0.2, 0.25) is 0 Å². The highest BCUT2D eigenvalue weighted by molar-refractivity contribution is 4.76. The minimum absolute atomic E-state index is 0.0331. The lowest BCUT2D eigenvalue weighted by atomic mass is 10.1. The van der Waals surface area contributed by atoms with Crippen molar-refractivity contribution in [3.05, 3.63) is 0 Å². The zero-order chi connectivity index (χ0) is 13.2. The predicted molar refractivity (Wildman–Crippen MR) is 75.9 cm³/mol. The van der Waals surface area contributed by atoms with Gasteiger partial charge >= 0.3 is 0 Å². The Kier molecular flexibility index (Phi) is 8.64. The van der Waals surface area contributed by atoms with Crippen molar-refractivity contribution in [2.75, 3.05) is 26.3 Å². The van der Waals surface area contributed by atoms with Crippen LogP contribution >= 0.6 is 0 Å². The minimum atomic E-state index is 0.0331. The molecular formula is C15H31NO2. The lowest BCUT2D eigenvalue weighted by Gasteiger charge is -2.37. The second kappa shape index (κ2) is 9.76. The number of ether oxygens (including phenoxy) is 1. The number of rotatable bonds is 9. The first-order valence-electron chi connectivity index (χ1n) is 7.74. The van der Waals surface area contributed by atoms with E-state index in [4.69, 9.17) is 9.84 Å². The van der Waals surface area contributed by atoms with Gasteiger partial charge in [0.15, 0.2) is 0 Å². The van der Waals surface area contributed by atoms with Crippen molar-refractivity contribution in [2.45, 2.75) is 70.9 Å². The molecule has 1 rings (SSSR count). The molecule has 18 heavy (non-hydrogen) atoms. The first kappa shape index (κ1) is 15.9. The zero-order valence-corrected chi connectivity index (χ0v) is 12.2. The first-order chi connectivity index (χ1) is 8.77. The quantitative estimate of drug-likeness (QED) is 0.645. The Morgan fingerprint density at radius 2 is 1.78 bits per heavy atom. The fourth-order valence-corrected chi connectivity index (χ4v) is 2.57. The fourth-order valence-electron chi connectivity index (χ4n) is 2.57. The number of morpholine rings is 1. The number of hydrogen-bond donors (Lipinski definition) is 1. The van der Waals surface area contributed by atoms with E-state index >= 15 is 0 Å².